The lowest BCUT2D eigenvalue weighted by Crippen LogP contribution is -1.96. The Hall–Kier alpha value is -6.94. The minimum Gasteiger partial charge on any atom is -0.228 e. The smallest absolute Gasteiger partial charge is 0.160 e. The lowest BCUT2D eigenvalue weighted by Gasteiger charge is -2.16. The molecule has 0 aliphatic heterocycles. The molecule has 2 heterocycles. The summed E-state index contributed by atoms with van der Waals surface area (Å²) in [5, 5.41) is 10.1. The van der Waals surface area contributed by atoms with Gasteiger partial charge >= 0.3 is 0 Å². The molecule has 2 nitrogen and oxygen atoms in total. The molecule has 0 aliphatic rings. The maximum atomic E-state index is 5.22. The average Bonchev–Trinajstić information content (AvgIpc) is 3.64. The Labute approximate surface area is 322 Å². The first-order valence-electron chi connectivity index (χ1n) is 18.6. The van der Waals surface area contributed by atoms with Crippen molar-refractivity contribution in [3.63, 3.8) is 0 Å². The van der Waals surface area contributed by atoms with Gasteiger partial charge in [0.05, 0.1) is 11.4 Å². The summed E-state index contributed by atoms with van der Waals surface area (Å²) >= 11 is 1.87. The molecule has 0 saturated carbocycles. The predicted molar refractivity (Wildman–Crippen MR) is 235 cm³/mol. The predicted octanol–water partition coefficient (Wildman–Crippen LogP) is 14.6. The van der Waals surface area contributed by atoms with E-state index in [-0.39, 0.29) is 0 Å². The number of nitrogens with zero attached hydrogens (tertiary/aromatic N) is 2. The van der Waals surface area contributed by atoms with E-state index in [1.807, 2.05) is 29.5 Å². The number of benzene rings is 9. The fourth-order valence-corrected chi connectivity index (χ4v) is 9.37. The molecule has 55 heavy (non-hydrogen) atoms. The number of hydrogen-bond donors (Lipinski definition) is 0. The molecular weight excluding hydrogens is 685 g/mol. The number of rotatable bonds is 5. The van der Waals surface area contributed by atoms with Gasteiger partial charge in [0, 0.05) is 36.9 Å². The molecule has 256 valence electrons. The number of fused-ring (bicyclic) bond motifs is 9. The number of thiophene rings is 1. The molecule has 0 spiro atoms. The summed E-state index contributed by atoms with van der Waals surface area (Å²) in [5.74, 6) is 0.711. The van der Waals surface area contributed by atoms with Gasteiger partial charge in [-0.1, -0.05) is 170 Å². The highest BCUT2D eigenvalue weighted by Crippen LogP contribution is 2.43. The van der Waals surface area contributed by atoms with Crippen molar-refractivity contribution in [3.05, 3.63) is 194 Å². The van der Waals surface area contributed by atoms with Crippen LogP contribution in [-0.4, -0.2) is 9.97 Å². The minimum absolute atomic E-state index is 0.711. The van der Waals surface area contributed by atoms with E-state index in [1.54, 1.807) is 0 Å². The molecule has 0 aliphatic carbocycles. The van der Waals surface area contributed by atoms with Crippen LogP contribution < -0.4 is 0 Å². The first kappa shape index (κ1) is 31.6. The van der Waals surface area contributed by atoms with Gasteiger partial charge in [0.25, 0.3) is 0 Å². The van der Waals surface area contributed by atoms with E-state index in [0.29, 0.717) is 5.82 Å². The van der Waals surface area contributed by atoms with Crippen molar-refractivity contribution in [2.75, 3.05) is 0 Å². The fraction of sp³-hybridized carbons (Fsp3) is 0. The fourth-order valence-electron chi connectivity index (χ4n) is 8.22. The SMILES string of the molecule is c1ccc(-c2ccc(-c3cc(-c4ccc5c(c4)c4ccccc4c4cccc(-c6ccc7c(c6)sc6ccccc67)c45)nc(-c4ccccc4)n3)cc2)cc1. The molecule has 0 unspecified atom stereocenters. The van der Waals surface area contributed by atoms with Crippen molar-refractivity contribution in [1.29, 1.82) is 0 Å². The molecule has 0 fully saturated rings. The van der Waals surface area contributed by atoms with Gasteiger partial charge in [0.2, 0.25) is 0 Å². The maximum Gasteiger partial charge on any atom is 0.160 e. The highest BCUT2D eigenvalue weighted by molar-refractivity contribution is 7.25. The minimum atomic E-state index is 0.711. The summed E-state index contributed by atoms with van der Waals surface area (Å²) in [6.45, 7) is 0. The molecule has 3 heteroatoms. The monoisotopic (exact) mass is 716 g/mol. The molecule has 0 N–H and O–H groups in total. The lowest BCUT2D eigenvalue weighted by atomic mass is 9.88. The third-order valence-corrected chi connectivity index (χ3v) is 12.0. The van der Waals surface area contributed by atoms with Crippen molar-refractivity contribution in [2.24, 2.45) is 0 Å². The van der Waals surface area contributed by atoms with Gasteiger partial charge in [0.1, 0.15) is 0 Å². The zero-order valence-corrected chi connectivity index (χ0v) is 30.6. The summed E-state index contributed by atoms with van der Waals surface area (Å²) in [6, 6.07) is 69.8. The van der Waals surface area contributed by atoms with Crippen molar-refractivity contribution >= 4 is 63.8 Å². The maximum absolute atomic E-state index is 5.22. The number of aromatic nitrogens is 2. The Morgan fingerprint density at radius 2 is 0.818 bits per heavy atom. The van der Waals surface area contributed by atoms with Gasteiger partial charge in [-0.25, -0.2) is 9.97 Å². The topological polar surface area (TPSA) is 25.8 Å². The highest BCUT2D eigenvalue weighted by atomic mass is 32.1. The third-order valence-electron chi connectivity index (χ3n) is 10.9. The van der Waals surface area contributed by atoms with E-state index in [2.05, 4.69) is 176 Å². The van der Waals surface area contributed by atoms with Crippen LogP contribution in [0.25, 0.3) is 109 Å². The molecular formula is C52H32N2S. The molecule has 0 atom stereocenters. The molecule has 11 rings (SSSR count). The zero-order valence-electron chi connectivity index (χ0n) is 29.8. The van der Waals surface area contributed by atoms with E-state index in [9.17, 15) is 0 Å². The standard InChI is InChI=1S/C52H32N2S/c1-3-12-33(13-4-1)34-22-24-35(25-23-34)47-32-48(54-52(53-47)36-14-5-2-6-15-36)38-27-29-45-46(30-38)41-17-8-7-16-40(41)44-20-11-19-39(51(44)45)37-26-28-43-42-18-9-10-21-49(42)55-50(43)31-37/h1-32H. The second kappa shape index (κ2) is 12.9. The van der Waals surface area contributed by atoms with Crippen LogP contribution in [0.5, 0.6) is 0 Å². The second-order valence-corrected chi connectivity index (χ2v) is 15.2. The third kappa shape index (κ3) is 5.40. The van der Waals surface area contributed by atoms with Crippen LogP contribution in [0.4, 0.5) is 0 Å². The van der Waals surface area contributed by atoms with Crippen LogP contribution in [0.2, 0.25) is 0 Å². The molecule has 0 radical (unpaired) electrons. The normalized spacial score (nSPS) is 11.6. The molecule has 9 aromatic carbocycles. The van der Waals surface area contributed by atoms with Crippen molar-refractivity contribution in [2.45, 2.75) is 0 Å². The molecule has 11 aromatic rings. The first-order chi connectivity index (χ1) is 27.2. The quantitative estimate of drug-likeness (QED) is 0.166. The van der Waals surface area contributed by atoms with Crippen LogP contribution in [0.1, 0.15) is 0 Å². The van der Waals surface area contributed by atoms with E-state index in [1.165, 1.54) is 74.7 Å². The van der Waals surface area contributed by atoms with Crippen molar-refractivity contribution < 1.29 is 0 Å². The molecule has 2 aromatic heterocycles. The summed E-state index contributed by atoms with van der Waals surface area (Å²) in [5.41, 5.74) is 9.74. The van der Waals surface area contributed by atoms with Gasteiger partial charge < -0.3 is 0 Å². The highest BCUT2D eigenvalue weighted by Gasteiger charge is 2.17. The molecule has 0 saturated heterocycles. The number of hydrogen-bond acceptors (Lipinski definition) is 3. The largest absolute Gasteiger partial charge is 0.228 e. The Balaban J connectivity index is 1.11. The average molecular weight is 717 g/mol. The van der Waals surface area contributed by atoms with Gasteiger partial charge in [-0.2, -0.15) is 0 Å². The Morgan fingerprint density at radius 3 is 1.60 bits per heavy atom. The first-order valence-corrected chi connectivity index (χ1v) is 19.5. The van der Waals surface area contributed by atoms with Crippen LogP contribution >= 0.6 is 11.3 Å². The summed E-state index contributed by atoms with van der Waals surface area (Å²) in [7, 11) is 0. The van der Waals surface area contributed by atoms with E-state index >= 15 is 0 Å². The van der Waals surface area contributed by atoms with Crippen LogP contribution in [-0.2, 0) is 0 Å². The van der Waals surface area contributed by atoms with E-state index < -0.39 is 0 Å². The van der Waals surface area contributed by atoms with Gasteiger partial charge in [-0.15, -0.1) is 11.3 Å². The van der Waals surface area contributed by atoms with Crippen molar-refractivity contribution in [3.8, 4) is 56.2 Å². The van der Waals surface area contributed by atoms with E-state index in [4.69, 9.17) is 9.97 Å². The van der Waals surface area contributed by atoms with Gasteiger partial charge in [-0.3, -0.25) is 0 Å². The van der Waals surface area contributed by atoms with Crippen LogP contribution in [0.15, 0.2) is 194 Å². The van der Waals surface area contributed by atoms with Crippen molar-refractivity contribution in [1.82, 2.24) is 9.97 Å². The Morgan fingerprint density at radius 1 is 0.291 bits per heavy atom. The summed E-state index contributed by atoms with van der Waals surface area (Å²) in [6.07, 6.45) is 0. The lowest BCUT2D eigenvalue weighted by molar-refractivity contribution is 1.18. The Kier molecular flexibility index (Phi) is 7.39. The van der Waals surface area contributed by atoms with Gasteiger partial charge in [-0.05, 0) is 78.8 Å². The zero-order chi connectivity index (χ0) is 36.3. The molecule has 0 bridgehead atoms. The van der Waals surface area contributed by atoms with Crippen LogP contribution in [0, 0.1) is 0 Å². The second-order valence-electron chi connectivity index (χ2n) is 14.1. The molecule has 0 amide bonds. The summed E-state index contributed by atoms with van der Waals surface area (Å²) < 4.78 is 2.63. The Bertz CT molecular complexity index is 3240. The van der Waals surface area contributed by atoms with E-state index in [0.717, 1.165) is 28.1 Å². The van der Waals surface area contributed by atoms with Crippen LogP contribution in [0.3, 0.4) is 0 Å². The van der Waals surface area contributed by atoms with Gasteiger partial charge in [0.15, 0.2) is 5.82 Å². The summed E-state index contributed by atoms with van der Waals surface area (Å²) in [4.78, 5) is 10.3.